The lowest BCUT2D eigenvalue weighted by atomic mass is 10.0. The van der Waals surface area contributed by atoms with E-state index in [0.717, 1.165) is 37.2 Å². The molecule has 0 N–H and O–H groups in total. The first-order chi connectivity index (χ1) is 16.0. The van der Waals surface area contributed by atoms with Gasteiger partial charge >= 0.3 is 11.9 Å². The molecule has 170 valence electrons. The number of methoxy groups -OCH3 is 1. The third-order valence-electron chi connectivity index (χ3n) is 6.00. The van der Waals surface area contributed by atoms with Crippen LogP contribution >= 0.6 is 0 Å². The van der Waals surface area contributed by atoms with Crippen LogP contribution in [-0.2, 0) is 9.59 Å². The van der Waals surface area contributed by atoms with Crippen molar-refractivity contribution >= 4 is 28.5 Å². The van der Waals surface area contributed by atoms with E-state index in [9.17, 15) is 9.59 Å². The highest BCUT2D eigenvalue weighted by Crippen LogP contribution is 2.46. The van der Waals surface area contributed by atoms with Gasteiger partial charge in [-0.2, -0.15) is 0 Å². The van der Waals surface area contributed by atoms with Gasteiger partial charge in [0.05, 0.1) is 29.4 Å². The number of ether oxygens (including phenoxy) is 4. The zero-order valence-electron chi connectivity index (χ0n) is 18.7. The summed E-state index contributed by atoms with van der Waals surface area (Å²) in [6.45, 7) is 5.31. The average Bonchev–Trinajstić information content (AvgIpc) is 3.33. The third kappa shape index (κ3) is 3.71. The highest BCUT2D eigenvalue weighted by atomic mass is 16.6. The second-order valence-corrected chi connectivity index (χ2v) is 8.17. The van der Waals surface area contributed by atoms with Gasteiger partial charge in [0.2, 0.25) is 0 Å². The van der Waals surface area contributed by atoms with Crippen LogP contribution in [0.1, 0.15) is 37.1 Å². The van der Waals surface area contributed by atoms with Crippen molar-refractivity contribution in [3.05, 3.63) is 47.7 Å². The monoisotopic (exact) mass is 448 g/mol. The molecular weight excluding hydrogens is 424 g/mol. The first-order valence-electron chi connectivity index (χ1n) is 10.9. The Labute approximate surface area is 191 Å². The number of carbonyl (C=O) groups excluding carboxylic acids is 2. The van der Waals surface area contributed by atoms with Crippen LogP contribution in [0.2, 0.25) is 0 Å². The fraction of sp³-hybridized carbons (Fsp3) is 0.320. The molecule has 0 spiro atoms. The van der Waals surface area contributed by atoms with E-state index in [1.807, 2.05) is 37.3 Å². The van der Waals surface area contributed by atoms with E-state index in [4.69, 9.17) is 18.9 Å². The number of aromatic nitrogens is 1. The minimum atomic E-state index is -1.06. The van der Waals surface area contributed by atoms with Crippen LogP contribution in [0, 0.1) is 6.92 Å². The summed E-state index contributed by atoms with van der Waals surface area (Å²) in [5.41, 5.74) is 2.67. The van der Waals surface area contributed by atoms with E-state index in [2.05, 4.69) is 9.88 Å². The maximum absolute atomic E-state index is 12.4. The molecule has 1 fully saturated rings. The highest BCUT2D eigenvalue weighted by molar-refractivity contribution is 6.32. The second-order valence-electron chi connectivity index (χ2n) is 8.17. The number of rotatable bonds is 5. The number of pyridine rings is 1. The molecule has 0 amide bonds. The van der Waals surface area contributed by atoms with Gasteiger partial charge in [-0.05, 0) is 56.5 Å². The van der Waals surface area contributed by atoms with E-state index in [1.54, 1.807) is 20.1 Å². The predicted molar refractivity (Wildman–Crippen MR) is 121 cm³/mol. The molecule has 0 radical (unpaired) electrons. The van der Waals surface area contributed by atoms with Crippen LogP contribution < -0.4 is 23.8 Å². The molecule has 8 heteroatoms. The lowest BCUT2D eigenvalue weighted by Gasteiger charge is -2.27. The Morgan fingerprint density at radius 3 is 2.45 bits per heavy atom. The zero-order chi connectivity index (χ0) is 23.1. The topological polar surface area (TPSA) is 87.2 Å². The molecule has 33 heavy (non-hydrogen) atoms. The van der Waals surface area contributed by atoms with Gasteiger partial charge in [-0.15, -0.1) is 0 Å². The van der Waals surface area contributed by atoms with Gasteiger partial charge in [0.25, 0.3) is 0 Å². The van der Waals surface area contributed by atoms with Crippen molar-refractivity contribution in [1.82, 2.24) is 4.98 Å². The first kappa shape index (κ1) is 21.1. The number of benzene rings is 2. The first-order valence-corrected chi connectivity index (χ1v) is 10.9. The van der Waals surface area contributed by atoms with Crippen molar-refractivity contribution in [2.24, 2.45) is 0 Å². The molecule has 0 saturated carbocycles. The highest BCUT2D eigenvalue weighted by Gasteiger charge is 2.33. The molecule has 0 aliphatic carbocycles. The summed E-state index contributed by atoms with van der Waals surface area (Å²) in [5, 5.41) is 0.659. The Balaban J connectivity index is 1.66. The molecule has 1 atom stereocenters. The van der Waals surface area contributed by atoms with E-state index in [-0.39, 0.29) is 5.75 Å². The Kier molecular flexibility index (Phi) is 5.28. The molecular formula is C25H24N2O6. The number of para-hydroxylation sites is 2. The SMILES string of the molecule is COc1ccccc1OC(C)c1cc2c3c(N4CCCC4)c(c(C)nc3c1)OC(=O)C(=O)O2. The van der Waals surface area contributed by atoms with Crippen molar-refractivity contribution < 1.29 is 28.5 Å². The standard InChI is InChI=1S/C25H24N2O6/c1-14-23-22(27-10-6-7-11-27)21-17(26-14)12-16(13-20(21)32-24(28)25(29)33-23)15(2)31-19-9-5-4-8-18(19)30-3/h4-5,8-9,12-13,15H,6-7,10-11H2,1-3H3. The molecule has 2 aliphatic rings. The van der Waals surface area contributed by atoms with Gasteiger partial charge < -0.3 is 23.8 Å². The van der Waals surface area contributed by atoms with E-state index in [0.29, 0.717) is 33.8 Å². The van der Waals surface area contributed by atoms with Crippen molar-refractivity contribution in [2.45, 2.75) is 32.8 Å². The van der Waals surface area contributed by atoms with Gasteiger partial charge in [-0.25, -0.2) is 14.6 Å². The number of hydrogen-bond acceptors (Lipinski definition) is 8. The van der Waals surface area contributed by atoms with Crippen molar-refractivity contribution in [3.8, 4) is 23.0 Å². The summed E-state index contributed by atoms with van der Waals surface area (Å²) < 4.78 is 22.5. The summed E-state index contributed by atoms with van der Waals surface area (Å²) in [4.78, 5) is 31.6. The molecule has 3 heterocycles. The number of fused-ring (bicyclic) bond motifs is 1. The summed E-state index contributed by atoms with van der Waals surface area (Å²) in [5.74, 6) is -0.329. The Hall–Kier alpha value is -3.81. The van der Waals surface area contributed by atoms with Crippen molar-refractivity contribution in [1.29, 1.82) is 0 Å². The molecule has 1 saturated heterocycles. The second kappa shape index (κ2) is 8.27. The van der Waals surface area contributed by atoms with Gasteiger partial charge in [0, 0.05) is 13.1 Å². The van der Waals surface area contributed by atoms with Crippen LogP contribution in [0.4, 0.5) is 5.69 Å². The maximum Gasteiger partial charge on any atom is 0.423 e. The summed E-state index contributed by atoms with van der Waals surface area (Å²) >= 11 is 0. The fourth-order valence-corrected chi connectivity index (χ4v) is 4.39. The quantitative estimate of drug-likeness (QED) is 0.327. The van der Waals surface area contributed by atoms with Crippen LogP contribution in [0.3, 0.4) is 0 Å². The van der Waals surface area contributed by atoms with Crippen LogP contribution in [0.15, 0.2) is 36.4 Å². The fourth-order valence-electron chi connectivity index (χ4n) is 4.39. The molecule has 8 nitrogen and oxygen atoms in total. The van der Waals surface area contributed by atoms with Crippen LogP contribution in [0.25, 0.3) is 10.9 Å². The number of hydrogen-bond donors (Lipinski definition) is 0. The average molecular weight is 448 g/mol. The number of nitrogens with zero attached hydrogens (tertiary/aromatic N) is 2. The summed E-state index contributed by atoms with van der Waals surface area (Å²) in [7, 11) is 1.59. The zero-order valence-corrected chi connectivity index (χ0v) is 18.7. The van der Waals surface area contributed by atoms with Crippen LogP contribution in [0.5, 0.6) is 23.0 Å². The van der Waals surface area contributed by atoms with Gasteiger partial charge in [-0.1, -0.05) is 12.1 Å². The number of esters is 2. The smallest absolute Gasteiger partial charge is 0.423 e. The molecule has 5 rings (SSSR count). The lowest BCUT2D eigenvalue weighted by molar-refractivity contribution is -0.156. The molecule has 1 unspecified atom stereocenters. The third-order valence-corrected chi connectivity index (χ3v) is 6.00. The van der Waals surface area contributed by atoms with Crippen molar-refractivity contribution in [3.63, 3.8) is 0 Å². The van der Waals surface area contributed by atoms with Gasteiger partial charge in [-0.3, -0.25) is 0 Å². The minimum absolute atomic E-state index is 0.273. The Bertz CT molecular complexity index is 1270. The summed E-state index contributed by atoms with van der Waals surface area (Å²) in [6, 6.07) is 11.0. The van der Waals surface area contributed by atoms with E-state index < -0.39 is 18.0 Å². The van der Waals surface area contributed by atoms with E-state index >= 15 is 0 Å². The molecule has 2 aromatic carbocycles. The lowest BCUT2D eigenvalue weighted by Crippen LogP contribution is -2.30. The number of carbonyl (C=O) groups is 2. The minimum Gasteiger partial charge on any atom is -0.493 e. The van der Waals surface area contributed by atoms with Crippen molar-refractivity contribution in [2.75, 3.05) is 25.1 Å². The van der Waals surface area contributed by atoms with Gasteiger partial charge in [0.1, 0.15) is 11.9 Å². The Morgan fingerprint density at radius 1 is 1.03 bits per heavy atom. The number of anilines is 1. The largest absolute Gasteiger partial charge is 0.493 e. The Morgan fingerprint density at radius 2 is 1.73 bits per heavy atom. The molecule has 3 aromatic rings. The summed E-state index contributed by atoms with van der Waals surface area (Å²) in [6.07, 6.45) is 1.66. The van der Waals surface area contributed by atoms with Gasteiger partial charge in [0.15, 0.2) is 17.2 Å². The number of aryl methyl sites for hydroxylation is 1. The molecule has 1 aromatic heterocycles. The normalized spacial score (nSPS) is 16.3. The van der Waals surface area contributed by atoms with Crippen LogP contribution in [-0.4, -0.2) is 37.1 Å². The predicted octanol–water partition coefficient (Wildman–Crippen LogP) is 4.12. The van der Waals surface area contributed by atoms with E-state index in [1.165, 1.54) is 0 Å². The molecule has 2 bridgehead atoms. The molecule has 2 aliphatic heterocycles. The maximum atomic E-state index is 12.4.